The van der Waals surface area contributed by atoms with E-state index < -0.39 is 11.4 Å². The highest BCUT2D eigenvalue weighted by Crippen LogP contribution is 2.23. The van der Waals surface area contributed by atoms with E-state index >= 15 is 0 Å². The van der Waals surface area contributed by atoms with Gasteiger partial charge in [0.1, 0.15) is 0 Å². The number of carbonyl (C=O) groups is 1. The van der Waals surface area contributed by atoms with E-state index in [1.165, 1.54) is 6.42 Å². The minimum atomic E-state index is -0.688. The molecule has 1 N–H and O–H groups in total. The first kappa shape index (κ1) is 15.4. The highest BCUT2D eigenvalue weighted by atomic mass is 16.4. The fraction of sp³-hybridized carbons (Fsp3) is 0.929. The third-order valence-corrected chi connectivity index (χ3v) is 4.19. The number of hydrogen-bond acceptors (Lipinski definition) is 3. The molecule has 1 fully saturated rings. The van der Waals surface area contributed by atoms with Gasteiger partial charge in [-0.05, 0) is 46.7 Å². The van der Waals surface area contributed by atoms with E-state index in [9.17, 15) is 4.79 Å². The van der Waals surface area contributed by atoms with Crippen LogP contribution in [-0.4, -0.2) is 60.1 Å². The third-order valence-electron chi connectivity index (χ3n) is 4.19. The SMILES string of the molecule is CCC1CN(CCCC(C)(C)C(=O)O)CCN1C. The van der Waals surface area contributed by atoms with Gasteiger partial charge in [0.25, 0.3) is 0 Å². The molecule has 0 radical (unpaired) electrons. The van der Waals surface area contributed by atoms with Crippen LogP contribution in [0.3, 0.4) is 0 Å². The maximum absolute atomic E-state index is 11.0. The molecule has 0 amide bonds. The number of aliphatic carboxylic acids is 1. The highest BCUT2D eigenvalue weighted by molar-refractivity contribution is 5.73. The summed E-state index contributed by atoms with van der Waals surface area (Å²) in [5, 5.41) is 9.07. The summed E-state index contributed by atoms with van der Waals surface area (Å²) in [5.74, 6) is -0.688. The zero-order valence-electron chi connectivity index (χ0n) is 12.3. The lowest BCUT2D eigenvalue weighted by Crippen LogP contribution is -2.51. The Hall–Kier alpha value is -0.610. The molecule has 1 rings (SSSR count). The summed E-state index contributed by atoms with van der Waals surface area (Å²) in [5.41, 5.74) is -0.587. The van der Waals surface area contributed by atoms with Gasteiger partial charge in [-0.1, -0.05) is 6.92 Å². The topological polar surface area (TPSA) is 43.8 Å². The second-order valence-corrected chi connectivity index (χ2v) is 6.14. The first-order valence-electron chi connectivity index (χ1n) is 7.03. The van der Waals surface area contributed by atoms with Crippen LogP contribution in [0.4, 0.5) is 0 Å². The van der Waals surface area contributed by atoms with Gasteiger partial charge < -0.3 is 14.9 Å². The van der Waals surface area contributed by atoms with E-state index in [1.54, 1.807) is 0 Å². The smallest absolute Gasteiger partial charge is 0.309 e. The van der Waals surface area contributed by atoms with E-state index in [-0.39, 0.29) is 0 Å². The number of rotatable bonds is 6. The Morgan fingerprint density at radius 2 is 2.06 bits per heavy atom. The molecule has 0 aromatic rings. The van der Waals surface area contributed by atoms with E-state index in [1.807, 2.05) is 13.8 Å². The average molecular weight is 256 g/mol. The quantitative estimate of drug-likeness (QED) is 0.788. The van der Waals surface area contributed by atoms with Gasteiger partial charge in [0, 0.05) is 25.7 Å². The highest BCUT2D eigenvalue weighted by Gasteiger charge is 2.27. The van der Waals surface area contributed by atoms with Crippen molar-refractivity contribution in [1.82, 2.24) is 9.80 Å². The van der Waals surface area contributed by atoms with Gasteiger partial charge in [0.15, 0.2) is 0 Å². The molecule has 18 heavy (non-hydrogen) atoms. The number of hydrogen-bond donors (Lipinski definition) is 1. The predicted octanol–water partition coefficient (Wildman–Crippen LogP) is 1.90. The van der Waals surface area contributed by atoms with Crippen LogP contribution in [-0.2, 0) is 4.79 Å². The Bertz CT molecular complexity index is 279. The van der Waals surface area contributed by atoms with Gasteiger partial charge in [0.2, 0.25) is 0 Å². The molecule has 1 saturated heterocycles. The van der Waals surface area contributed by atoms with Gasteiger partial charge in [-0.3, -0.25) is 4.79 Å². The standard InChI is InChI=1S/C14H28N2O2/c1-5-12-11-16(10-9-15(12)4)8-6-7-14(2,3)13(17)18/h12H,5-11H2,1-4H3,(H,17,18). The second kappa shape index (κ2) is 6.53. The largest absolute Gasteiger partial charge is 0.481 e. The predicted molar refractivity (Wildman–Crippen MR) is 73.8 cm³/mol. The number of nitrogens with zero attached hydrogens (tertiary/aromatic N) is 2. The first-order chi connectivity index (χ1) is 8.36. The fourth-order valence-electron chi connectivity index (χ4n) is 2.51. The molecule has 0 aromatic heterocycles. The van der Waals surface area contributed by atoms with Gasteiger partial charge in [-0.15, -0.1) is 0 Å². The summed E-state index contributed by atoms with van der Waals surface area (Å²) < 4.78 is 0. The molecule has 1 unspecified atom stereocenters. The number of likely N-dealkylation sites (N-methyl/N-ethyl adjacent to an activating group) is 1. The molecule has 4 nitrogen and oxygen atoms in total. The van der Waals surface area contributed by atoms with Crippen molar-refractivity contribution in [2.45, 2.75) is 46.1 Å². The van der Waals surface area contributed by atoms with Crippen molar-refractivity contribution < 1.29 is 9.90 Å². The van der Waals surface area contributed by atoms with Crippen molar-refractivity contribution in [2.75, 3.05) is 33.2 Å². The molecule has 0 aliphatic carbocycles. The third kappa shape index (κ3) is 4.25. The summed E-state index contributed by atoms with van der Waals surface area (Å²) in [6.07, 6.45) is 2.92. The average Bonchev–Trinajstić information content (AvgIpc) is 2.31. The molecule has 1 aliphatic heterocycles. The van der Waals surface area contributed by atoms with Crippen LogP contribution in [0.5, 0.6) is 0 Å². The van der Waals surface area contributed by atoms with Crippen molar-refractivity contribution in [3.05, 3.63) is 0 Å². The van der Waals surface area contributed by atoms with Crippen molar-refractivity contribution >= 4 is 5.97 Å². The normalized spacial score (nSPS) is 23.2. The van der Waals surface area contributed by atoms with Crippen LogP contribution >= 0.6 is 0 Å². The van der Waals surface area contributed by atoms with E-state index in [0.29, 0.717) is 6.04 Å². The minimum absolute atomic E-state index is 0.587. The summed E-state index contributed by atoms with van der Waals surface area (Å²) in [4.78, 5) is 15.9. The van der Waals surface area contributed by atoms with E-state index in [0.717, 1.165) is 39.0 Å². The lowest BCUT2D eigenvalue weighted by Gasteiger charge is -2.39. The van der Waals surface area contributed by atoms with Crippen molar-refractivity contribution in [3.8, 4) is 0 Å². The van der Waals surface area contributed by atoms with Gasteiger partial charge in [-0.2, -0.15) is 0 Å². The Balaban J connectivity index is 2.30. The number of carboxylic acid groups (broad SMARTS) is 1. The Labute approximate surface area is 111 Å². The first-order valence-corrected chi connectivity index (χ1v) is 7.03. The number of carboxylic acids is 1. The van der Waals surface area contributed by atoms with Gasteiger partial charge >= 0.3 is 5.97 Å². The second-order valence-electron chi connectivity index (χ2n) is 6.14. The Morgan fingerprint density at radius 1 is 1.39 bits per heavy atom. The molecule has 1 aliphatic rings. The molecular weight excluding hydrogens is 228 g/mol. The van der Waals surface area contributed by atoms with Crippen LogP contribution in [0, 0.1) is 5.41 Å². The summed E-state index contributed by atoms with van der Waals surface area (Å²) in [6, 6.07) is 0.659. The van der Waals surface area contributed by atoms with Crippen molar-refractivity contribution in [2.24, 2.45) is 5.41 Å². The van der Waals surface area contributed by atoms with Crippen LogP contribution < -0.4 is 0 Å². The molecule has 1 heterocycles. The Kier molecular flexibility index (Phi) is 5.60. The van der Waals surface area contributed by atoms with Gasteiger partial charge in [-0.25, -0.2) is 0 Å². The minimum Gasteiger partial charge on any atom is -0.481 e. The maximum atomic E-state index is 11.0. The summed E-state index contributed by atoms with van der Waals surface area (Å²) in [7, 11) is 2.19. The number of piperazine rings is 1. The summed E-state index contributed by atoms with van der Waals surface area (Å²) >= 11 is 0. The fourth-order valence-corrected chi connectivity index (χ4v) is 2.51. The molecule has 4 heteroatoms. The molecule has 106 valence electrons. The van der Waals surface area contributed by atoms with Crippen LogP contribution in [0.25, 0.3) is 0 Å². The van der Waals surface area contributed by atoms with E-state index in [2.05, 4.69) is 23.8 Å². The lowest BCUT2D eigenvalue weighted by molar-refractivity contribution is -0.147. The zero-order valence-corrected chi connectivity index (χ0v) is 12.3. The van der Waals surface area contributed by atoms with Crippen LogP contribution in [0.2, 0.25) is 0 Å². The molecule has 1 atom stereocenters. The van der Waals surface area contributed by atoms with Crippen LogP contribution in [0.1, 0.15) is 40.0 Å². The molecule has 0 bridgehead atoms. The van der Waals surface area contributed by atoms with Gasteiger partial charge in [0.05, 0.1) is 5.41 Å². The molecule has 0 saturated carbocycles. The lowest BCUT2D eigenvalue weighted by atomic mass is 9.88. The monoisotopic (exact) mass is 256 g/mol. The molecule has 0 aromatic carbocycles. The van der Waals surface area contributed by atoms with Crippen LogP contribution in [0.15, 0.2) is 0 Å². The summed E-state index contributed by atoms with van der Waals surface area (Å²) in [6.45, 7) is 10.3. The zero-order chi connectivity index (χ0) is 13.8. The van der Waals surface area contributed by atoms with Crippen molar-refractivity contribution in [3.63, 3.8) is 0 Å². The van der Waals surface area contributed by atoms with E-state index in [4.69, 9.17) is 5.11 Å². The Morgan fingerprint density at radius 3 is 2.61 bits per heavy atom. The van der Waals surface area contributed by atoms with Crippen molar-refractivity contribution in [1.29, 1.82) is 0 Å². The molecule has 0 spiro atoms. The maximum Gasteiger partial charge on any atom is 0.309 e. The molecular formula is C14H28N2O2.